The van der Waals surface area contributed by atoms with Gasteiger partial charge in [0, 0.05) is 26.3 Å². The average Bonchev–Trinajstić information content (AvgIpc) is 2.75. The third kappa shape index (κ3) is 3.41. The van der Waals surface area contributed by atoms with E-state index in [-0.39, 0.29) is 12.1 Å². The molecule has 17 heavy (non-hydrogen) atoms. The highest BCUT2D eigenvalue weighted by atomic mass is 16.5. The summed E-state index contributed by atoms with van der Waals surface area (Å²) in [6.45, 7) is 5.79. The normalized spacial score (nSPS) is 28.6. The molecule has 4 nitrogen and oxygen atoms in total. The van der Waals surface area contributed by atoms with E-state index >= 15 is 0 Å². The number of hydrogen-bond acceptors (Lipinski definition) is 4. The summed E-state index contributed by atoms with van der Waals surface area (Å²) in [6, 6.07) is 0.376. The van der Waals surface area contributed by atoms with Gasteiger partial charge >= 0.3 is 0 Å². The second kappa shape index (κ2) is 6.69. The van der Waals surface area contributed by atoms with Crippen LogP contribution in [-0.2, 0) is 4.74 Å². The summed E-state index contributed by atoms with van der Waals surface area (Å²) in [7, 11) is 1.71. The lowest BCUT2D eigenvalue weighted by Gasteiger charge is -2.40. The van der Waals surface area contributed by atoms with Gasteiger partial charge in [0.05, 0.1) is 12.1 Å². The Bertz CT molecular complexity index is 223. The van der Waals surface area contributed by atoms with Gasteiger partial charge in [-0.1, -0.05) is 20.3 Å². The van der Waals surface area contributed by atoms with Gasteiger partial charge in [-0.25, -0.2) is 0 Å². The molecule has 0 spiro atoms. The second-order valence-corrected chi connectivity index (χ2v) is 5.57. The van der Waals surface area contributed by atoms with Crippen LogP contribution in [0.1, 0.15) is 33.1 Å². The molecule has 3 unspecified atom stereocenters. The van der Waals surface area contributed by atoms with E-state index in [1.807, 2.05) is 0 Å². The molecule has 0 radical (unpaired) electrons. The summed E-state index contributed by atoms with van der Waals surface area (Å²) in [5, 5.41) is 13.0. The first-order valence-electron chi connectivity index (χ1n) is 6.67. The largest absolute Gasteiger partial charge is 0.396 e. The van der Waals surface area contributed by atoms with Crippen LogP contribution in [0, 0.1) is 11.8 Å². The molecule has 0 aliphatic heterocycles. The first-order chi connectivity index (χ1) is 8.09. The molecule has 4 heteroatoms. The van der Waals surface area contributed by atoms with Crippen molar-refractivity contribution in [3.8, 4) is 0 Å². The topological polar surface area (TPSA) is 67.5 Å². The van der Waals surface area contributed by atoms with Crippen LogP contribution in [0.25, 0.3) is 0 Å². The van der Waals surface area contributed by atoms with Crippen LogP contribution < -0.4 is 11.1 Å². The van der Waals surface area contributed by atoms with Crippen molar-refractivity contribution in [3.05, 3.63) is 0 Å². The lowest BCUT2D eigenvalue weighted by Crippen LogP contribution is -2.62. The molecular formula is C13H28N2O2. The predicted molar refractivity (Wildman–Crippen MR) is 69.8 cm³/mol. The Hall–Kier alpha value is -0.160. The van der Waals surface area contributed by atoms with Crippen LogP contribution in [-0.4, -0.2) is 43.6 Å². The second-order valence-electron chi connectivity index (χ2n) is 5.57. The molecule has 1 aliphatic carbocycles. The van der Waals surface area contributed by atoms with Crippen molar-refractivity contribution in [1.29, 1.82) is 0 Å². The van der Waals surface area contributed by atoms with Crippen molar-refractivity contribution in [1.82, 2.24) is 5.32 Å². The van der Waals surface area contributed by atoms with E-state index in [9.17, 15) is 5.11 Å². The van der Waals surface area contributed by atoms with Crippen LogP contribution in [0.5, 0.6) is 0 Å². The first kappa shape index (κ1) is 14.9. The fourth-order valence-corrected chi connectivity index (χ4v) is 2.80. The standard InChI is InChI=1S/C13H28N2O2/c1-10(2)13(8-14,9-17-3)15-12-6-4-5-11(12)7-16/h10-12,15-16H,4-9,14H2,1-3H3. The molecule has 0 aromatic rings. The minimum atomic E-state index is -0.169. The van der Waals surface area contributed by atoms with E-state index < -0.39 is 0 Å². The maximum Gasteiger partial charge on any atom is 0.0659 e. The van der Waals surface area contributed by atoms with Gasteiger partial charge in [-0.3, -0.25) is 0 Å². The van der Waals surface area contributed by atoms with Crippen LogP contribution in [0.4, 0.5) is 0 Å². The molecule has 4 N–H and O–H groups in total. The Kier molecular flexibility index (Phi) is 5.86. The fourth-order valence-electron chi connectivity index (χ4n) is 2.80. The highest BCUT2D eigenvalue weighted by Gasteiger charge is 2.38. The summed E-state index contributed by atoms with van der Waals surface area (Å²) >= 11 is 0. The van der Waals surface area contributed by atoms with Gasteiger partial charge in [-0.05, 0) is 24.7 Å². The van der Waals surface area contributed by atoms with Crippen LogP contribution in [0.15, 0.2) is 0 Å². The van der Waals surface area contributed by atoms with Gasteiger partial charge < -0.3 is 20.9 Å². The molecule has 1 saturated carbocycles. The number of methoxy groups -OCH3 is 1. The minimum absolute atomic E-state index is 0.169. The van der Waals surface area contributed by atoms with Crippen LogP contribution in [0.2, 0.25) is 0 Å². The zero-order valence-electron chi connectivity index (χ0n) is 11.4. The summed E-state index contributed by atoms with van der Waals surface area (Å²) < 4.78 is 5.33. The molecule has 1 fully saturated rings. The monoisotopic (exact) mass is 244 g/mol. The van der Waals surface area contributed by atoms with Gasteiger partial charge in [-0.2, -0.15) is 0 Å². The quantitative estimate of drug-likeness (QED) is 0.618. The Labute approximate surface area is 105 Å². The fraction of sp³-hybridized carbons (Fsp3) is 1.00. The minimum Gasteiger partial charge on any atom is -0.396 e. The highest BCUT2D eigenvalue weighted by Crippen LogP contribution is 2.28. The lowest BCUT2D eigenvalue weighted by molar-refractivity contribution is 0.0644. The average molecular weight is 244 g/mol. The van der Waals surface area contributed by atoms with Gasteiger partial charge in [0.1, 0.15) is 0 Å². The number of nitrogens with two attached hydrogens (primary N) is 1. The molecular weight excluding hydrogens is 216 g/mol. The molecule has 0 aromatic heterocycles. The highest BCUT2D eigenvalue weighted by molar-refractivity contribution is 4.97. The van der Waals surface area contributed by atoms with E-state index in [4.69, 9.17) is 10.5 Å². The van der Waals surface area contributed by atoms with E-state index in [0.29, 0.717) is 31.0 Å². The smallest absolute Gasteiger partial charge is 0.0659 e. The first-order valence-corrected chi connectivity index (χ1v) is 6.67. The third-order valence-electron chi connectivity index (χ3n) is 4.24. The summed E-state index contributed by atoms with van der Waals surface area (Å²) in [6.07, 6.45) is 3.43. The molecule has 0 amide bonds. The Morgan fingerprint density at radius 1 is 1.47 bits per heavy atom. The Morgan fingerprint density at radius 2 is 2.18 bits per heavy atom. The SMILES string of the molecule is COCC(CN)(NC1CCCC1CO)C(C)C. The van der Waals surface area contributed by atoms with Gasteiger partial charge in [0.15, 0.2) is 0 Å². The van der Waals surface area contributed by atoms with Gasteiger partial charge in [-0.15, -0.1) is 0 Å². The van der Waals surface area contributed by atoms with Gasteiger partial charge in [0.25, 0.3) is 0 Å². The van der Waals surface area contributed by atoms with Crippen molar-refractivity contribution in [2.24, 2.45) is 17.6 Å². The van der Waals surface area contributed by atoms with Crippen molar-refractivity contribution in [2.75, 3.05) is 26.9 Å². The summed E-state index contributed by atoms with van der Waals surface area (Å²) in [4.78, 5) is 0. The molecule has 0 saturated heterocycles. The Morgan fingerprint density at radius 3 is 2.65 bits per heavy atom. The van der Waals surface area contributed by atoms with Gasteiger partial charge in [0.2, 0.25) is 0 Å². The van der Waals surface area contributed by atoms with Crippen molar-refractivity contribution >= 4 is 0 Å². The van der Waals surface area contributed by atoms with E-state index in [1.54, 1.807) is 7.11 Å². The van der Waals surface area contributed by atoms with E-state index in [2.05, 4.69) is 19.2 Å². The predicted octanol–water partition coefficient (Wildman–Crippen LogP) is 0.737. The zero-order valence-corrected chi connectivity index (χ0v) is 11.4. The number of rotatable bonds is 7. The summed E-state index contributed by atoms with van der Waals surface area (Å²) in [5.41, 5.74) is 5.79. The summed E-state index contributed by atoms with van der Waals surface area (Å²) in [5.74, 6) is 0.781. The molecule has 0 heterocycles. The van der Waals surface area contributed by atoms with Crippen LogP contribution >= 0.6 is 0 Å². The van der Waals surface area contributed by atoms with Crippen molar-refractivity contribution < 1.29 is 9.84 Å². The maximum atomic E-state index is 9.37. The number of aliphatic hydroxyl groups is 1. The van der Waals surface area contributed by atoms with Crippen LogP contribution in [0.3, 0.4) is 0 Å². The number of aliphatic hydroxyl groups excluding tert-OH is 1. The van der Waals surface area contributed by atoms with Crippen molar-refractivity contribution in [2.45, 2.75) is 44.7 Å². The zero-order chi connectivity index (χ0) is 12.9. The molecule has 0 aromatic carbocycles. The Balaban J connectivity index is 2.70. The molecule has 102 valence electrons. The molecule has 3 atom stereocenters. The third-order valence-corrected chi connectivity index (χ3v) is 4.24. The lowest BCUT2D eigenvalue weighted by atomic mass is 9.85. The number of hydrogen-bond donors (Lipinski definition) is 3. The van der Waals surface area contributed by atoms with Crippen molar-refractivity contribution in [3.63, 3.8) is 0 Å². The molecule has 0 bridgehead atoms. The number of nitrogens with one attached hydrogen (secondary N) is 1. The molecule has 1 aliphatic rings. The molecule has 1 rings (SSSR count). The maximum absolute atomic E-state index is 9.37. The number of ether oxygens (including phenoxy) is 1. The van der Waals surface area contributed by atoms with E-state index in [0.717, 1.165) is 12.8 Å². The van der Waals surface area contributed by atoms with E-state index in [1.165, 1.54) is 6.42 Å².